The van der Waals surface area contributed by atoms with Crippen molar-refractivity contribution in [3.8, 4) is 5.75 Å². The number of aryl methyl sites for hydroxylation is 1. The lowest BCUT2D eigenvalue weighted by Crippen LogP contribution is -2.15. The molecule has 0 saturated heterocycles. The molecule has 19 heavy (non-hydrogen) atoms. The number of phenols is 1. The average Bonchev–Trinajstić information content (AvgIpc) is 2.33. The number of hydrogen-bond donors (Lipinski definition) is 2. The minimum absolute atomic E-state index is 0.0938. The number of halogens is 2. The highest BCUT2D eigenvalue weighted by atomic mass is 19.1. The lowest BCUT2D eigenvalue weighted by Gasteiger charge is -2.07. The zero-order chi connectivity index (χ0) is 14.3. The van der Waals surface area contributed by atoms with Gasteiger partial charge in [-0.25, -0.2) is 9.18 Å². The van der Waals surface area contributed by atoms with Gasteiger partial charge in [0.15, 0.2) is 17.1 Å². The topological polar surface area (TPSA) is 87.7 Å². The monoisotopic (exact) mass is 270 g/mol. The largest absolute Gasteiger partial charge is 0.503 e. The summed E-state index contributed by atoms with van der Waals surface area (Å²) in [6.45, 7) is 1.35. The second-order valence-electron chi connectivity index (χ2n) is 3.96. The van der Waals surface area contributed by atoms with E-state index in [9.17, 15) is 18.4 Å². The van der Waals surface area contributed by atoms with Crippen LogP contribution in [-0.2, 0) is 11.2 Å². The molecule has 0 atom stereocenters. The normalized spacial score (nSPS) is 10.9. The number of phenolic OH excluding ortho intramolecular Hbond substituents is 1. The van der Waals surface area contributed by atoms with E-state index in [4.69, 9.17) is 10.2 Å². The summed E-state index contributed by atoms with van der Waals surface area (Å²) in [5.74, 6) is -5.13. The fraction of sp³-hybridized carbons (Fsp3) is 0.167. The predicted molar refractivity (Wildman–Crippen MR) is 60.1 cm³/mol. The molecule has 1 aromatic heterocycles. The first-order valence-electron chi connectivity index (χ1n) is 5.18. The van der Waals surface area contributed by atoms with Gasteiger partial charge in [-0.2, -0.15) is 4.39 Å². The first-order valence-corrected chi connectivity index (χ1v) is 5.18. The molecule has 0 amide bonds. The van der Waals surface area contributed by atoms with Crippen molar-refractivity contribution in [2.45, 2.75) is 13.3 Å². The number of hydrogen-bond acceptors (Lipinski definition) is 4. The second-order valence-corrected chi connectivity index (χ2v) is 3.96. The standard InChI is InChI=1S/C12H8F2O5/c1-4-5-2-7(13)10(17)9(14)11(5)19-12(18)6(4)3-8(15)16/h2,17H,3H2,1H3,(H,15,16). The molecule has 1 heterocycles. The number of rotatable bonds is 2. The van der Waals surface area contributed by atoms with E-state index in [1.165, 1.54) is 6.92 Å². The van der Waals surface area contributed by atoms with Crippen LogP contribution in [0.1, 0.15) is 11.1 Å². The molecule has 0 radical (unpaired) electrons. The maximum atomic E-state index is 13.6. The van der Waals surface area contributed by atoms with Crippen LogP contribution in [0.15, 0.2) is 15.3 Å². The van der Waals surface area contributed by atoms with Crippen LogP contribution >= 0.6 is 0 Å². The summed E-state index contributed by atoms with van der Waals surface area (Å²) in [7, 11) is 0. The molecule has 0 bridgehead atoms. The van der Waals surface area contributed by atoms with Gasteiger partial charge >= 0.3 is 11.6 Å². The smallest absolute Gasteiger partial charge is 0.340 e. The maximum absolute atomic E-state index is 13.6. The van der Waals surface area contributed by atoms with Crippen LogP contribution in [0.5, 0.6) is 5.75 Å². The van der Waals surface area contributed by atoms with E-state index in [1.54, 1.807) is 0 Å². The molecule has 0 aliphatic rings. The molecule has 0 saturated carbocycles. The van der Waals surface area contributed by atoms with E-state index in [1.807, 2.05) is 0 Å². The SMILES string of the molecule is Cc1c(CC(=O)O)c(=O)oc2c(F)c(O)c(F)cc12. The predicted octanol–water partition coefficient (Wildman–Crippen LogP) is 1.71. The van der Waals surface area contributed by atoms with Gasteiger partial charge in [-0.1, -0.05) is 0 Å². The molecule has 2 aromatic rings. The van der Waals surface area contributed by atoms with Gasteiger partial charge in [-0.05, 0) is 18.6 Å². The summed E-state index contributed by atoms with van der Waals surface area (Å²) in [4.78, 5) is 22.2. The van der Waals surface area contributed by atoms with Crippen molar-refractivity contribution in [3.05, 3.63) is 39.2 Å². The van der Waals surface area contributed by atoms with Crippen LogP contribution in [0.25, 0.3) is 11.0 Å². The van der Waals surface area contributed by atoms with E-state index in [2.05, 4.69) is 4.42 Å². The van der Waals surface area contributed by atoms with Gasteiger partial charge < -0.3 is 14.6 Å². The lowest BCUT2D eigenvalue weighted by molar-refractivity contribution is -0.136. The van der Waals surface area contributed by atoms with Crippen molar-refractivity contribution >= 4 is 16.9 Å². The third-order valence-electron chi connectivity index (χ3n) is 2.77. The van der Waals surface area contributed by atoms with Crippen LogP contribution in [-0.4, -0.2) is 16.2 Å². The Balaban J connectivity index is 2.89. The van der Waals surface area contributed by atoms with E-state index in [-0.39, 0.29) is 16.5 Å². The fourth-order valence-electron chi connectivity index (χ4n) is 1.80. The maximum Gasteiger partial charge on any atom is 0.340 e. The fourth-order valence-corrected chi connectivity index (χ4v) is 1.80. The first-order chi connectivity index (χ1) is 8.82. The van der Waals surface area contributed by atoms with E-state index in [0.29, 0.717) is 0 Å². The number of aromatic hydroxyl groups is 1. The number of carbonyl (C=O) groups is 1. The van der Waals surface area contributed by atoms with Gasteiger partial charge in [0.05, 0.1) is 12.0 Å². The van der Waals surface area contributed by atoms with Crippen molar-refractivity contribution < 1.29 is 28.2 Å². The Morgan fingerprint density at radius 2 is 2.05 bits per heavy atom. The van der Waals surface area contributed by atoms with E-state index >= 15 is 0 Å². The van der Waals surface area contributed by atoms with Crippen molar-refractivity contribution in [3.63, 3.8) is 0 Å². The number of carboxylic acids is 1. The molecule has 2 rings (SSSR count). The van der Waals surface area contributed by atoms with Crippen molar-refractivity contribution in [1.29, 1.82) is 0 Å². The van der Waals surface area contributed by atoms with Gasteiger partial charge in [0.1, 0.15) is 0 Å². The molecule has 1 aromatic carbocycles. The molecule has 0 unspecified atom stereocenters. The van der Waals surface area contributed by atoms with Crippen LogP contribution < -0.4 is 5.63 Å². The second kappa shape index (κ2) is 4.34. The summed E-state index contributed by atoms with van der Waals surface area (Å²) >= 11 is 0. The summed E-state index contributed by atoms with van der Waals surface area (Å²) in [6, 6.07) is 0.789. The highest BCUT2D eigenvalue weighted by molar-refractivity contribution is 5.84. The summed E-state index contributed by atoms with van der Waals surface area (Å²) in [5, 5.41) is 17.7. The third kappa shape index (κ3) is 2.03. The molecule has 2 N–H and O–H groups in total. The number of aliphatic carboxylic acids is 1. The zero-order valence-corrected chi connectivity index (χ0v) is 9.66. The zero-order valence-electron chi connectivity index (χ0n) is 9.66. The highest BCUT2D eigenvalue weighted by Crippen LogP contribution is 2.30. The van der Waals surface area contributed by atoms with Gasteiger partial charge in [-0.15, -0.1) is 0 Å². The van der Waals surface area contributed by atoms with Gasteiger partial charge in [0.2, 0.25) is 5.82 Å². The first kappa shape index (κ1) is 13.0. The number of benzene rings is 1. The Bertz CT molecular complexity index is 748. The number of fused-ring (bicyclic) bond motifs is 1. The molecule has 5 nitrogen and oxygen atoms in total. The van der Waals surface area contributed by atoms with Crippen LogP contribution in [0.3, 0.4) is 0 Å². The summed E-state index contributed by atoms with van der Waals surface area (Å²) in [5.41, 5.74) is -1.72. The van der Waals surface area contributed by atoms with Gasteiger partial charge in [0.25, 0.3) is 0 Å². The van der Waals surface area contributed by atoms with Gasteiger partial charge in [0, 0.05) is 5.39 Å². The molecule has 0 spiro atoms. The molecule has 0 fully saturated rings. The number of carboxylic acid groups (broad SMARTS) is 1. The van der Waals surface area contributed by atoms with Crippen LogP contribution in [0.4, 0.5) is 8.78 Å². The van der Waals surface area contributed by atoms with Crippen LogP contribution in [0, 0.1) is 18.6 Å². The molecule has 100 valence electrons. The molecular formula is C12H8F2O5. The Morgan fingerprint density at radius 1 is 1.42 bits per heavy atom. The minimum atomic E-state index is -1.39. The van der Waals surface area contributed by atoms with E-state index in [0.717, 1.165) is 6.07 Å². The highest BCUT2D eigenvalue weighted by Gasteiger charge is 2.20. The summed E-state index contributed by atoms with van der Waals surface area (Å²) in [6.07, 6.45) is -0.617. The molecule has 0 aliphatic carbocycles. The molecular weight excluding hydrogens is 262 g/mol. The Kier molecular flexibility index (Phi) is 2.97. The van der Waals surface area contributed by atoms with Gasteiger partial charge in [-0.3, -0.25) is 4.79 Å². The quantitative estimate of drug-likeness (QED) is 0.811. The molecule has 7 heteroatoms. The van der Waals surface area contributed by atoms with Crippen LogP contribution in [0.2, 0.25) is 0 Å². The van der Waals surface area contributed by atoms with E-state index < -0.39 is 41.0 Å². The lowest BCUT2D eigenvalue weighted by atomic mass is 10.0. The third-order valence-corrected chi connectivity index (χ3v) is 2.77. The van der Waals surface area contributed by atoms with Crippen molar-refractivity contribution in [2.24, 2.45) is 0 Å². The Hall–Kier alpha value is -2.44. The summed E-state index contributed by atoms with van der Waals surface area (Å²) < 4.78 is 31.5. The Labute approximate surface area is 104 Å². The molecule has 0 aliphatic heterocycles. The minimum Gasteiger partial charge on any atom is -0.503 e. The Morgan fingerprint density at radius 3 is 2.63 bits per heavy atom. The average molecular weight is 270 g/mol. The van der Waals surface area contributed by atoms with Crippen molar-refractivity contribution in [2.75, 3.05) is 0 Å². The van der Waals surface area contributed by atoms with Crippen molar-refractivity contribution in [1.82, 2.24) is 0 Å².